The van der Waals surface area contributed by atoms with Gasteiger partial charge in [-0.15, -0.1) is 0 Å². The maximum atomic E-state index is 10.6. The topological polar surface area (TPSA) is 89.0 Å². The normalized spacial score (nSPS) is 9.40. The van der Waals surface area contributed by atoms with Crippen LogP contribution in [0.2, 0.25) is 0 Å². The Kier molecular flexibility index (Phi) is 3.24. The highest BCUT2D eigenvalue weighted by atomic mass is 16.5. The minimum atomic E-state index is -0.405. The summed E-state index contributed by atoms with van der Waals surface area (Å²) in [7, 11) is 0. The van der Waals surface area contributed by atoms with Crippen molar-refractivity contribution in [1.29, 1.82) is 5.26 Å². The number of aryl methyl sites for hydroxylation is 1. The summed E-state index contributed by atoms with van der Waals surface area (Å²) in [5.74, 6) is -0.405. The molecule has 15 heavy (non-hydrogen) atoms. The lowest BCUT2D eigenvalue weighted by Crippen LogP contribution is -2.05. The van der Waals surface area contributed by atoms with Gasteiger partial charge in [0.1, 0.15) is 12.7 Å². The molecule has 0 radical (unpaired) electrons. The van der Waals surface area contributed by atoms with E-state index in [-0.39, 0.29) is 6.61 Å². The lowest BCUT2D eigenvalue weighted by Gasteiger charge is -2.07. The zero-order valence-corrected chi connectivity index (χ0v) is 8.57. The van der Waals surface area contributed by atoms with E-state index in [0.29, 0.717) is 22.5 Å². The Morgan fingerprint density at radius 1 is 1.73 bits per heavy atom. The van der Waals surface area contributed by atoms with Crippen molar-refractivity contribution in [2.45, 2.75) is 20.5 Å². The van der Waals surface area contributed by atoms with Crippen molar-refractivity contribution in [2.24, 2.45) is 0 Å². The average Bonchev–Trinajstić information content (AvgIpc) is 2.19. The standard InChI is InChI=1S/C10H11N3O2/c1-6-10(12)9(3-11)8(4-13-6)5-15-7(2)14/h4H,5,12H2,1-2H3. The van der Waals surface area contributed by atoms with Gasteiger partial charge in [-0.3, -0.25) is 9.78 Å². The molecule has 0 aromatic carbocycles. The van der Waals surface area contributed by atoms with Crippen LogP contribution in [0, 0.1) is 18.3 Å². The molecule has 2 N–H and O–H groups in total. The van der Waals surface area contributed by atoms with Crippen LogP contribution in [0.1, 0.15) is 23.7 Å². The third-order valence-corrected chi connectivity index (χ3v) is 1.94. The first-order valence-corrected chi connectivity index (χ1v) is 4.33. The van der Waals surface area contributed by atoms with Crippen molar-refractivity contribution in [3.63, 3.8) is 0 Å². The molecule has 0 aliphatic heterocycles. The van der Waals surface area contributed by atoms with E-state index in [1.807, 2.05) is 6.07 Å². The summed E-state index contributed by atoms with van der Waals surface area (Å²) < 4.78 is 4.78. The van der Waals surface area contributed by atoms with Crippen molar-refractivity contribution < 1.29 is 9.53 Å². The second kappa shape index (κ2) is 4.42. The second-order valence-corrected chi connectivity index (χ2v) is 3.05. The largest absolute Gasteiger partial charge is 0.461 e. The van der Waals surface area contributed by atoms with Gasteiger partial charge in [-0.2, -0.15) is 5.26 Å². The molecule has 0 fully saturated rings. The lowest BCUT2D eigenvalue weighted by molar-refractivity contribution is -0.142. The number of anilines is 1. The van der Waals surface area contributed by atoms with Crippen molar-refractivity contribution in [3.8, 4) is 6.07 Å². The molecule has 1 rings (SSSR count). The average molecular weight is 205 g/mol. The van der Waals surface area contributed by atoms with E-state index < -0.39 is 5.97 Å². The van der Waals surface area contributed by atoms with Crippen LogP contribution >= 0.6 is 0 Å². The first kappa shape index (κ1) is 11.0. The van der Waals surface area contributed by atoms with Crippen LogP contribution in [0.5, 0.6) is 0 Å². The van der Waals surface area contributed by atoms with Gasteiger partial charge in [0.05, 0.1) is 16.9 Å². The molecule has 0 aliphatic carbocycles. The molecule has 1 heterocycles. The number of ether oxygens (including phenoxy) is 1. The summed E-state index contributed by atoms with van der Waals surface area (Å²) in [5, 5.41) is 8.89. The van der Waals surface area contributed by atoms with Gasteiger partial charge in [0.2, 0.25) is 0 Å². The number of esters is 1. The van der Waals surface area contributed by atoms with Crippen LogP contribution in [-0.2, 0) is 16.1 Å². The number of hydrogen-bond acceptors (Lipinski definition) is 5. The van der Waals surface area contributed by atoms with Gasteiger partial charge in [-0.05, 0) is 6.92 Å². The van der Waals surface area contributed by atoms with Gasteiger partial charge in [0.15, 0.2) is 0 Å². The van der Waals surface area contributed by atoms with Gasteiger partial charge in [0, 0.05) is 18.7 Å². The number of nitrogens with two attached hydrogens (primary N) is 1. The zero-order chi connectivity index (χ0) is 11.4. The lowest BCUT2D eigenvalue weighted by atomic mass is 10.1. The van der Waals surface area contributed by atoms with Crippen LogP contribution in [0.4, 0.5) is 5.69 Å². The fourth-order valence-electron chi connectivity index (χ4n) is 1.08. The number of nitriles is 1. The van der Waals surface area contributed by atoms with Crippen LogP contribution in [0.15, 0.2) is 6.20 Å². The molecule has 0 amide bonds. The predicted molar refractivity (Wildman–Crippen MR) is 53.6 cm³/mol. The van der Waals surface area contributed by atoms with Crippen LogP contribution in [0.25, 0.3) is 0 Å². The third kappa shape index (κ3) is 2.44. The summed E-state index contributed by atoms with van der Waals surface area (Å²) in [6.45, 7) is 3.04. The Morgan fingerprint density at radius 2 is 2.40 bits per heavy atom. The minimum absolute atomic E-state index is 0.0235. The molecule has 0 aliphatic rings. The summed E-state index contributed by atoms with van der Waals surface area (Å²) >= 11 is 0. The molecule has 78 valence electrons. The number of carbonyl (C=O) groups excluding carboxylic acids is 1. The van der Waals surface area contributed by atoms with Gasteiger partial charge in [-0.25, -0.2) is 0 Å². The second-order valence-electron chi connectivity index (χ2n) is 3.05. The number of aromatic nitrogens is 1. The number of nitrogen functional groups attached to an aromatic ring is 1. The highest BCUT2D eigenvalue weighted by Crippen LogP contribution is 2.18. The van der Waals surface area contributed by atoms with E-state index in [2.05, 4.69) is 4.98 Å². The van der Waals surface area contributed by atoms with E-state index >= 15 is 0 Å². The van der Waals surface area contributed by atoms with Crippen LogP contribution < -0.4 is 5.73 Å². The molecule has 5 heteroatoms. The Labute approximate surface area is 87.5 Å². The Balaban J connectivity index is 3.04. The van der Waals surface area contributed by atoms with Crippen molar-refractivity contribution in [1.82, 2.24) is 4.98 Å². The maximum Gasteiger partial charge on any atom is 0.302 e. The Morgan fingerprint density at radius 3 is 2.93 bits per heavy atom. The van der Waals surface area contributed by atoms with Crippen molar-refractivity contribution >= 4 is 11.7 Å². The smallest absolute Gasteiger partial charge is 0.302 e. The first-order valence-electron chi connectivity index (χ1n) is 4.33. The SMILES string of the molecule is CC(=O)OCc1cnc(C)c(N)c1C#N. The summed E-state index contributed by atoms with van der Waals surface area (Å²) in [6, 6.07) is 1.97. The van der Waals surface area contributed by atoms with Gasteiger partial charge >= 0.3 is 5.97 Å². The van der Waals surface area contributed by atoms with Crippen LogP contribution in [-0.4, -0.2) is 11.0 Å². The molecular formula is C10H11N3O2. The molecule has 0 atom stereocenters. The fourth-order valence-corrected chi connectivity index (χ4v) is 1.08. The molecule has 1 aromatic heterocycles. The summed E-state index contributed by atoms with van der Waals surface area (Å²) in [5.41, 5.74) is 7.45. The summed E-state index contributed by atoms with van der Waals surface area (Å²) in [4.78, 5) is 14.6. The molecule has 1 aromatic rings. The Bertz CT molecular complexity index is 435. The molecule has 0 unspecified atom stereocenters. The van der Waals surface area contributed by atoms with E-state index in [0.717, 1.165) is 0 Å². The van der Waals surface area contributed by atoms with Crippen molar-refractivity contribution in [3.05, 3.63) is 23.0 Å². The third-order valence-electron chi connectivity index (χ3n) is 1.94. The predicted octanol–water partition coefficient (Wildman–Crippen LogP) is 0.907. The molecule has 0 bridgehead atoms. The highest BCUT2D eigenvalue weighted by molar-refractivity contribution is 5.66. The van der Waals surface area contributed by atoms with Crippen molar-refractivity contribution in [2.75, 3.05) is 5.73 Å². The molecule has 0 spiro atoms. The first-order chi connectivity index (χ1) is 7.06. The Hall–Kier alpha value is -2.09. The van der Waals surface area contributed by atoms with Gasteiger partial charge in [0.25, 0.3) is 0 Å². The fraction of sp³-hybridized carbons (Fsp3) is 0.300. The zero-order valence-electron chi connectivity index (χ0n) is 8.57. The summed E-state index contributed by atoms with van der Waals surface area (Å²) in [6.07, 6.45) is 1.49. The maximum absolute atomic E-state index is 10.6. The molecule has 0 saturated heterocycles. The van der Waals surface area contributed by atoms with E-state index in [4.69, 9.17) is 15.7 Å². The minimum Gasteiger partial charge on any atom is -0.461 e. The number of rotatable bonds is 2. The number of hydrogen-bond donors (Lipinski definition) is 1. The number of pyridine rings is 1. The highest BCUT2D eigenvalue weighted by Gasteiger charge is 2.10. The monoisotopic (exact) mass is 205 g/mol. The molecule has 5 nitrogen and oxygen atoms in total. The van der Waals surface area contributed by atoms with Crippen LogP contribution in [0.3, 0.4) is 0 Å². The van der Waals surface area contributed by atoms with E-state index in [1.165, 1.54) is 13.1 Å². The molecule has 0 saturated carbocycles. The van der Waals surface area contributed by atoms with E-state index in [1.54, 1.807) is 6.92 Å². The number of nitrogens with zero attached hydrogens (tertiary/aromatic N) is 2. The molecular weight excluding hydrogens is 194 g/mol. The van der Waals surface area contributed by atoms with Gasteiger partial charge < -0.3 is 10.5 Å². The quantitative estimate of drug-likeness (QED) is 0.725. The van der Waals surface area contributed by atoms with E-state index in [9.17, 15) is 4.79 Å². The van der Waals surface area contributed by atoms with Gasteiger partial charge in [-0.1, -0.05) is 0 Å². The number of carbonyl (C=O) groups is 1.